The maximum Gasteiger partial charge on any atom is 0.105 e. The third-order valence-corrected chi connectivity index (χ3v) is 1.58. The van der Waals surface area contributed by atoms with Crippen molar-refractivity contribution >= 4 is 0 Å². The van der Waals surface area contributed by atoms with Crippen molar-refractivity contribution in [1.29, 1.82) is 0 Å². The van der Waals surface area contributed by atoms with Crippen molar-refractivity contribution in [3.05, 3.63) is 12.7 Å². The van der Waals surface area contributed by atoms with Crippen LogP contribution in [0, 0.1) is 0 Å². The van der Waals surface area contributed by atoms with Crippen LogP contribution in [-0.4, -0.2) is 17.9 Å². The fourth-order valence-electron chi connectivity index (χ4n) is 0.909. The monoisotopic (exact) mass is 157 g/mol. The van der Waals surface area contributed by atoms with Gasteiger partial charge in [0, 0.05) is 6.54 Å². The lowest BCUT2D eigenvalue weighted by atomic mass is 10.2. The van der Waals surface area contributed by atoms with Gasteiger partial charge in [-0.05, 0) is 12.8 Å². The molecule has 66 valence electrons. The van der Waals surface area contributed by atoms with E-state index >= 15 is 0 Å². The van der Waals surface area contributed by atoms with Crippen molar-refractivity contribution in [2.45, 2.75) is 38.8 Å². The van der Waals surface area contributed by atoms with E-state index in [1.54, 1.807) is 6.08 Å². The van der Waals surface area contributed by atoms with Gasteiger partial charge in [0.1, 0.15) is 6.23 Å². The van der Waals surface area contributed by atoms with Gasteiger partial charge in [-0.2, -0.15) is 0 Å². The zero-order valence-electron chi connectivity index (χ0n) is 7.34. The number of aliphatic hydroxyl groups excluding tert-OH is 1. The summed E-state index contributed by atoms with van der Waals surface area (Å²) < 4.78 is 0. The summed E-state index contributed by atoms with van der Waals surface area (Å²) >= 11 is 0. The topological polar surface area (TPSA) is 32.3 Å². The summed E-state index contributed by atoms with van der Waals surface area (Å²) in [5.41, 5.74) is 0. The molecule has 0 aliphatic rings. The van der Waals surface area contributed by atoms with E-state index in [4.69, 9.17) is 0 Å². The summed E-state index contributed by atoms with van der Waals surface area (Å²) in [5.74, 6) is 0. The van der Waals surface area contributed by atoms with E-state index in [2.05, 4.69) is 18.8 Å². The zero-order chi connectivity index (χ0) is 8.53. The molecule has 0 aromatic carbocycles. The molecule has 1 unspecified atom stereocenters. The Balaban J connectivity index is 3.08. The molecule has 0 radical (unpaired) electrons. The van der Waals surface area contributed by atoms with Crippen molar-refractivity contribution in [2.75, 3.05) is 6.54 Å². The number of rotatable bonds is 7. The molecule has 0 aromatic heterocycles. The number of nitrogens with one attached hydrogen (secondary N) is 1. The van der Waals surface area contributed by atoms with Crippen LogP contribution in [0.4, 0.5) is 0 Å². The van der Waals surface area contributed by atoms with Gasteiger partial charge in [0.15, 0.2) is 0 Å². The van der Waals surface area contributed by atoms with Crippen molar-refractivity contribution in [2.24, 2.45) is 0 Å². The summed E-state index contributed by atoms with van der Waals surface area (Å²) in [5, 5.41) is 12.2. The first-order valence-corrected chi connectivity index (χ1v) is 4.33. The largest absolute Gasteiger partial charge is 0.379 e. The Morgan fingerprint density at radius 3 is 2.82 bits per heavy atom. The Kier molecular flexibility index (Phi) is 7.52. The van der Waals surface area contributed by atoms with Crippen LogP contribution in [-0.2, 0) is 0 Å². The average molecular weight is 157 g/mol. The van der Waals surface area contributed by atoms with E-state index in [1.165, 1.54) is 12.8 Å². The van der Waals surface area contributed by atoms with E-state index in [9.17, 15) is 5.11 Å². The van der Waals surface area contributed by atoms with Gasteiger partial charge >= 0.3 is 0 Å². The second kappa shape index (κ2) is 7.76. The lowest BCUT2D eigenvalue weighted by Gasteiger charge is -2.09. The quantitative estimate of drug-likeness (QED) is 0.334. The molecule has 0 heterocycles. The Hall–Kier alpha value is -0.340. The van der Waals surface area contributed by atoms with E-state index in [0.717, 1.165) is 12.8 Å². The van der Waals surface area contributed by atoms with Crippen LogP contribution in [0.3, 0.4) is 0 Å². The smallest absolute Gasteiger partial charge is 0.105 e. The predicted molar refractivity (Wildman–Crippen MR) is 48.3 cm³/mol. The van der Waals surface area contributed by atoms with Gasteiger partial charge in [0.2, 0.25) is 0 Å². The highest BCUT2D eigenvalue weighted by atomic mass is 16.3. The minimum atomic E-state index is -0.348. The predicted octanol–water partition coefficient (Wildman–Crippen LogP) is 1.66. The minimum Gasteiger partial charge on any atom is -0.379 e. The normalized spacial score (nSPS) is 12.9. The van der Waals surface area contributed by atoms with Crippen molar-refractivity contribution in [3.63, 3.8) is 0 Å². The Labute approximate surface area is 69.3 Å². The van der Waals surface area contributed by atoms with Gasteiger partial charge in [-0.1, -0.05) is 25.8 Å². The molecule has 2 N–H and O–H groups in total. The van der Waals surface area contributed by atoms with Crippen molar-refractivity contribution in [1.82, 2.24) is 5.32 Å². The van der Waals surface area contributed by atoms with E-state index < -0.39 is 0 Å². The molecule has 0 amide bonds. The maximum atomic E-state index is 9.25. The number of unbranched alkanes of at least 4 members (excludes halogenated alkanes) is 2. The molecule has 0 aromatic rings. The molecule has 2 heteroatoms. The van der Waals surface area contributed by atoms with Crippen molar-refractivity contribution in [3.8, 4) is 0 Å². The Bertz CT molecular complexity index is 93.6. The molecule has 0 bridgehead atoms. The van der Waals surface area contributed by atoms with E-state index in [0.29, 0.717) is 6.54 Å². The van der Waals surface area contributed by atoms with Crippen LogP contribution in [0.25, 0.3) is 0 Å². The van der Waals surface area contributed by atoms with Gasteiger partial charge in [-0.3, -0.25) is 5.32 Å². The van der Waals surface area contributed by atoms with Gasteiger partial charge in [0.05, 0.1) is 0 Å². The lowest BCUT2D eigenvalue weighted by molar-refractivity contribution is 0.129. The molecule has 2 nitrogen and oxygen atoms in total. The molecular weight excluding hydrogens is 138 g/mol. The summed E-state index contributed by atoms with van der Waals surface area (Å²) in [4.78, 5) is 0. The highest BCUT2D eigenvalue weighted by molar-refractivity contribution is 4.70. The van der Waals surface area contributed by atoms with Gasteiger partial charge < -0.3 is 5.11 Å². The Morgan fingerprint density at radius 1 is 1.55 bits per heavy atom. The van der Waals surface area contributed by atoms with Crippen LogP contribution in [0.15, 0.2) is 12.7 Å². The second-order valence-electron chi connectivity index (χ2n) is 2.71. The van der Waals surface area contributed by atoms with Crippen LogP contribution in [0.1, 0.15) is 32.6 Å². The molecule has 0 saturated carbocycles. The number of aliphatic hydroxyl groups is 1. The van der Waals surface area contributed by atoms with Crippen molar-refractivity contribution < 1.29 is 5.11 Å². The molecular formula is C9H19NO. The molecule has 11 heavy (non-hydrogen) atoms. The summed E-state index contributed by atoms with van der Waals surface area (Å²) in [6.07, 6.45) is 5.76. The molecule has 1 atom stereocenters. The Morgan fingerprint density at radius 2 is 2.27 bits per heavy atom. The first-order valence-electron chi connectivity index (χ1n) is 4.33. The van der Waals surface area contributed by atoms with E-state index in [1.807, 2.05) is 0 Å². The van der Waals surface area contributed by atoms with E-state index in [-0.39, 0.29) is 6.23 Å². The average Bonchev–Trinajstić information content (AvgIpc) is 2.01. The van der Waals surface area contributed by atoms with Crippen LogP contribution < -0.4 is 5.32 Å². The SMILES string of the molecule is C=CCNC(O)CCCCC. The van der Waals surface area contributed by atoms with Gasteiger partial charge in [0.25, 0.3) is 0 Å². The first-order chi connectivity index (χ1) is 5.31. The van der Waals surface area contributed by atoms with Gasteiger partial charge in [-0.25, -0.2) is 0 Å². The first kappa shape index (κ1) is 10.7. The molecule has 0 saturated heterocycles. The van der Waals surface area contributed by atoms with Crippen LogP contribution in [0.5, 0.6) is 0 Å². The summed E-state index contributed by atoms with van der Waals surface area (Å²) in [6.45, 7) is 6.40. The minimum absolute atomic E-state index is 0.348. The molecule has 0 rings (SSSR count). The number of hydrogen-bond acceptors (Lipinski definition) is 2. The number of hydrogen-bond donors (Lipinski definition) is 2. The maximum absolute atomic E-state index is 9.25. The summed E-state index contributed by atoms with van der Waals surface area (Å²) in [7, 11) is 0. The molecule has 0 aliphatic carbocycles. The third-order valence-electron chi connectivity index (χ3n) is 1.58. The molecule has 0 spiro atoms. The second-order valence-corrected chi connectivity index (χ2v) is 2.71. The molecule has 0 fully saturated rings. The van der Waals surface area contributed by atoms with Crippen LogP contribution in [0.2, 0.25) is 0 Å². The zero-order valence-corrected chi connectivity index (χ0v) is 7.34. The standard InChI is InChI=1S/C9H19NO/c1-3-5-6-7-9(11)10-8-4-2/h4,9-11H,2-3,5-8H2,1H3. The highest BCUT2D eigenvalue weighted by Gasteiger charge is 1.99. The lowest BCUT2D eigenvalue weighted by Crippen LogP contribution is -2.28. The fourth-order valence-corrected chi connectivity index (χ4v) is 0.909. The molecule has 0 aliphatic heterocycles. The summed E-state index contributed by atoms with van der Waals surface area (Å²) in [6, 6.07) is 0. The highest BCUT2D eigenvalue weighted by Crippen LogP contribution is 2.00. The van der Waals surface area contributed by atoms with Gasteiger partial charge in [-0.15, -0.1) is 6.58 Å². The van der Waals surface area contributed by atoms with Crippen LogP contribution >= 0.6 is 0 Å². The fraction of sp³-hybridized carbons (Fsp3) is 0.778. The third kappa shape index (κ3) is 7.56.